The second-order valence-electron chi connectivity index (χ2n) is 11.7. The molecule has 1 saturated heterocycles. The maximum Gasteiger partial charge on any atom is 0.181 e. The second-order valence-corrected chi connectivity index (χ2v) is 11.7. The summed E-state index contributed by atoms with van der Waals surface area (Å²) in [5.41, 5.74) is 4.76. The first-order valence-electron chi connectivity index (χ1n) is 15.5. The number of aliphatic hydroxyl groups is 1. The molecule has 2 N–H and O–H groups in total. The predicted octanol–water partition coefficient (Wildman–Crippen LogP) is 5.58. The van der Waals surface area contributed by atoms with Crippen molar-refractivity contribution in [1.29, 1.82) is 0 Å². The molecule has 0 bridgehead atoms. The third kappa shape index (κ3) is 8.62. The number of oxazole rings is 1. The van der Waals surface area contributed by atoms with E-state index in [0.29, 0.717) is 31.0 Å². The summed E-state index contributed by atoms with van der Waals surface area (Å²) in [4.78, 5) is 31.0. The van der Waals surface area contributed by atoms with Gasteiger partial charge in [0.05, 0.1) is 23.7 Å². The second kappa shape index (κ2) is 15.4. The first kappa shape index (κ1) is 32.5. The lowest BCUT2D eigenvalue weighted by Crippen LogP contribution is -2.36. The number of rotatable bonds is 12. The van der Waals surface area contributed by atoms with Crippen molar-refractivity contribution >= 4 is 36.6 Å². The number of nitrogens with zero attached hydrogens (tertiary/aromatic N) is 5. The van der Waals surface area contributed by atoms with Gasteiger partial charge in [-0.25, -0.2) is 9.97 Å². The largest absolute Gasteiger partial charge is 0.486 e. The Labute approximate surface area is 271 Å². The number of Topliss-reactive ketones (excluding diaryl/α,β-unsaturated/α-hetero) is 1. The molecule has 0 radical (unpaired) electrons. The molecule has 0 spiro atoms. The molecular weight excluding hydrogens is 588 g/mol. The van der Waals surface area contributed by atoms with Crippen LogP contribution in [0.4, 0.5) is 17.3 Å². The van der Waals surface area contributed by atoms with Gasteiger partial charge in [-0.3, -0.25) is 14.7 Å². The molecule has 1 atom stereocenters. The van der Waals surface area contributed by atoms with Crippen LogP contribution in [0.5, 0.6) is 5.75 Å². The number of anilines is 3. The smallest absolute Gasteiger partial charge is 0.181 e. The van der Waals surface area contributed by atoms with Crippen molar-refractivity contribution in [2.45, 2.75) is 64.7 Å². The Hall–Kier alpha value is -3.93. The van der Waals surface area contributed by atoms with E-state index in [1.165, 1.54) is 23.9 Å². The number of ether oxygens (including phenoxy) is 1. The van der Waals surface area contributed by atoms with Crippen molar-refractivity contribution in [3.63, 3.8) is 0 Å². The van der Waals surface area contributed by atoms with E-state index in [0.717, 1.165) is 74.2 Å². The molecule has 45 heavy (non-hydrogen) atoms. The number of carbonyl (C=O) groups is 1. The fourth-order valence-corrected chi connectivity index (χ4v) is 5.89. The monoisotopic (exact) mass is 630 g/mol. The summed E-state index contributed by atoms with van der Waals surface area (Å²) in [5.74, 6) is 2.99. The molecule has 5 heterocycles. The van der Waals surface area contributed by atoms with E-state index in [2.05, 4.69) is 37.2 Å². The highest BCUT2D eigenvalue weighted by Crippen LogP contribution is 2.27. The summed E-state index contributed by atoms with van der Waals surface area (Å²) in [5, 5.41) is 14.2. The highest BCUT2D eigenvalue weighted by Gasteiger charge is 2.21. The Bertz CT molecular complexity index is 1560. The molecule has 3 aromatic heterocycles. The van der Waals surface area contributed by atoms with E-state index in [1.807, 2.05) is 31.2 Å². The normalized spacial score (nSPS) is 15.6. The molecule has 4 aromatic rings. The van der Waals surface area contributed by atoms with Crippen LogP contribution in [0.15, 0.2) is 65.7 Å². The average Bonchev–Trinajstić information content (AvgIpc) is 3.47. The zero-order valence-electron chi connectivity index (χ0n) is 25.7. The quantitative estimate of drug-likeness (QED) is 0.192. The first-order valence-corrected chi connectivity index (χ1v) is 15.5. The number of hydrogen-bond donors (Lipinski definition) is 2. The number of aryl methyl sites for hydroxylation is 1. The van der Waals surface area contributed by atoms with Crippen molar-refractivity contribution < 1.29 is 19.1 Å². The van der Waals surface area contributed by atoms with Crippen molar-refractivity contribution in [3.8, 4) is 5.75 Å². The molecule has 1 aromatic carbocycles. The Morgan fingerprint density at radius 3 is 2.76 bits per heavy atom. The van der Waals surface area contributed by atoms with E-state index >= 15 is 0 Å². The predicted molar refractivity (Wildman–Crippen MR) is 179 cm³/mol. The van der Waals surface area contributed by atoms with Crippen LogP contribution >= 0.6 is 13.5 Å². The van der Waals surface area contributed by atoms with E-state index in [1.54, 1.807) is 18.5 Å². The van der Waals surface area contributed by atoms with Gasteiger partial charge in [0.15, 0.2) is 17.9 Å². The van der Waals surface area contributed by atoms with Crippen LogP contribution in [0.3, 0.4) is 0 Å². The Balaban J connectivity index is 0.00000400. The van der Waals surface area contributed by atoms with Crippen molar-refractivity contribution in [2.24, 2.45) is 0 Å². The minimum absolute atomic E-state index is 0. The minimum atomic E-state index is -0.593. The van der Waals surface area contributed by atoms with Gasteiger partial charge in [0.25, 0.3) is 0 Å². The molecule has 2 aliphatic heterocycles. The van der Waals surface area contributed by atoms with Crippen LogP contribution in [0.1, 0.15) is 65.0 Å². The number of piperidine rings is 1. The number of carbonyl (C=O) groups excluding carboxylic acids is 1. The third-order valence-electron chi connectivity index (χ3n) is 8.41. The van der Waals surface area contributed by atoms with E-state index in [-0.39, 0.29) is 25.7 Å². The van der Waals surface area contributed by atoms with Crippen LogP contribution in [0.25, 0.3) is 0 Å². The Kier molecular flexibility index (Phi) is 11.1. The van der Waals surface area contributed by atoms with Crippen molar-refractivity contribution in [3.05, 3.63) is 89.4 Å². The topological polar surface area (TPSA) is 117 Å². The SMILES string of the molecule is Cc1ncoc1COc1ccc2c(c1)CCN(C[C@@H](O)CCC(=O)c1cc(Nc3cccnc3)nc(N3CCCCC3)c1)C2.S. The van der Waals surface area contributed by atoms with E-state index < -0.39 is 6.10 Å². The standard InChI is InChI=1S/C34H40N6O4.H2S/c1-24-32(44-23-36-24)22-43-30-9-7-26-20-39(15-11-25(26)16-30)21-29(41)8-10-31(42)27-17-33(37-28-6-5-12-35-19-28)38-34(18-27)40-13-3-2-4-14-40;/h5-7,9,12,16-19,23,29,41H,2-4,8,10-11,13-15,20-22H2,1H3,(H,37,38);1H2/t29-;/m0./s1. The summed E-state index contributed by atoms with van der Waals surface area (Å²) < 4.78 is 11.3. The molecule has 1 fully saturated rings. The fourth-order valence-electron chi connectivity index (χ4n) is 5.89. The number of β-amino-alcohol motifs (C(OH)–C–C–N with tert-alkyl or cyclic N) is 1. The number of ketones is 1. The van der Waals surface area contributed by atoms with Crippen LogP contribution in [0, 0.1) is 6.92 Å². The number of nitrogens with one attached hydrogen (secondary N) is 1. The van der Waals surface area contributed by atoms with Gasteiger partial charge in [-0.05, 0) is 86.6 Å². The molecule has 2 aliphatic rings. The number of fused-ring (bicyclic) bond motifs is 1. The fraction of sp³-hybridized carbons (Fsp3) is 0.412. The van der Waals surface area contributed by atoms with Gasteiger partial charge in [-0.1, -0.05) is 6.07 Å². The maximum atomic E-state index is 13.4. The number of hydrogen-bond acceptors (Lipinski definition) is 10. The summed E-state index contributed by atoms with van der Waals surface area (Å²) in [6.45, 7) is 6.25. The van der Waals surface area contributed by atoms with Gasteiger partial charge >= 0.3 is 0 Å². The number of pyridine rings is 2. The lowest BCUT2D eigenvalue weighted by molar-refractivity contribution is 0.0836. The number of aliphatic hydroxyl groups excluding tert-OH is 1. The van der Waals surface area contributed by atoms with Gasteiger partial charge in [0.2, 0.25) is 0 Å². The van der Waals surface area contributed by atoms with E-state index in [4.69, 9.17) is 14.1 Å². The highest BCUT2D eigenvalue weighted by atomic mass is 32.1. The molecule has 0 amide bonds. The summed E-state index contributed by atoms with van der Waals surface area (Å²) >= 11 is 0. The van der Waals surface area contributed by atoms with Gasteiger partial charge < -0.3 is 24.5 Å². The van der Waals surface area contributed by atoms with Crippen LogP contribution < -0.4 is 15.0 Å². The Morgan fingerprint density at radius 1 is 1.11 bits per heavy atom. The zero-order valence-corrected chi connectivity index (χ0v) is 26.7. The minimum Gasteiger partial charge on any atom is -0.486 e. The van der Waals surface area contributed by atoms with Gasteiger partial charge in [-0.2, -0.15) is 13.5 Å². The summed E-state index contributed by atoms with van der Waals surface area (Å²) in [6, 6.07) is 13.7. The zero-order chi connectivity index (χ0) is 30.3. The van der Waals surface area contributed by atoms with E-state index in [9.17, 15) is 9.90 Å². The lowest BCUT2D eigenvalue weighted by Gasteiger charge is -2.30. The molecular formula is C34H42N6O4S. The Morgan fingerprint density at radius 2 is 1.98 bits per heavy atom. The number of aromatic nitrogens is 3. The molecule has 6 rings (SSSR count). The third-order valence-corrected chi connectivity index (χ3v) is 8.41. The molecule has 10 nitrogen and oxygen atoms in total. The maximum absolute atomic E-state index is 13.4. The van der Waals surface area contributed by atoms with Gasteiger partial charge in [0.1, 0.15) is 24.0 Å². The lowest BCUT2D eigenvalue weighted by atomic mass is 9.98. The summed E-state index contributed by atoms with van der Waals surface area (Å²) in [6.07, 6.45) is 9.32. The molecule has 0 aliphatic carbocycles. The molecule has 11 heteroatoms. The van der Waals surface area contributed by atoms with Gasteiger partial charge in [0, 0.05) is 50.9 Å². The first-order chi connectivity index (χ1) is 21.5. The summed E-state index contributed by atoms with van der Waals surface area (Å²) in [7, 11) is 0. The molecule has 0 unspecified atom stereocenters. The van der Waals surface area contributed by atoms with Crippen LogP contribution in [-0.4, -0.2) is 63.0 Å². The van der Waals surface area contributed by atoms with Crippen LogP contribution in [0.2, 0.25) is 0 Å². The molecule has 0 saturated carbocycles. The molecule has 238 valence electrons. The van der Waals surface area contributed by atoms with Crippen LogP contribution in [-0.2, 0) is 19.6 Å². The average molecular weight is 631 g/mol. The highest BCUT2D eigenvalue weighted by molar-refractivity contribution is 7.59. The van der Waals surface area contributed by atoms with Gasteiger partial charge in [-0.15, -0.1) is 0 Å². The van der Waals surface area contributed by atoms with Crippen molar-refractivity contribution in [2.75, 3.05) is 36.4 Å². The number of benzene rings is 1. The van der Waals surface area contributed by atoms with Crippen molar-refractivity contribution in [1.82, 2.24) is 19.9 Å².